The topological polar surface area (TPSA) is 0 Å². The molecule has 4 saturated carbocycles. The van der Waals surface area contributed by atoms with Gasteiger partial charge < -0.3 is 0 Å². The molecular formula is C36H52Sb2. The molecule has 6 rings (SSSR count). The SMILES string of the molecule is c1cc[c]([Sb]([CH]2CCCCC2)[CH]2CCCCC2)c(-c2cccc[c]2[Sb]([CH]2CCCCC2)[CH]2CCCCC2)c1. The molecule has 0 aromatic heterocycles. The molecular weight excluding hydrogens is 676 g/mol. The van der Waals surface area contributed by atoms with Crippen molar-refractivity contribution in [3.8, 4) is 11.1 Å². The Labute approximate surface area is 249 Å². The van der Waals surface area contributed by atoms with Crippen molar-refractivity contribution in [3.05, 3.63) is 48.5 Å². The molecule has 0 atom stereocenters. The Bertz CT molecular complexity index is 872. The van der Waals surface area contributed by atoms with Crippen LogP contribution in [0.25, 0.3) is 11.1 Å². The summed E-state index contributed by atoms with van der Waals surface area (Å²) in [5.41, 5.74) is 3.48. The minimum absolute atomic E-state index is 1.09. The first kappa shape index (κ1) is 28.2. The van der Waals surface area contributed by atoms with Crippen LogP contribution in [0.3, 0.4) is 0 Å². The second-order valence-electron chi connectivity index (χ2n) is 13.0. The first-order chi connectivity index (χ1) is 18.9. The third kappa shape index (κ3) is 6.59. The van der Waals surface area contributed by atoms with Crippen LogP contribution >= 0.6 is 0 Å². The fourth-order valence-corrected chi connectivity index (χ4v) is 31.3. The number of benzene rings is 2. The van der Waals surface area contributed by atoms with Gasteiger partial charge in [-0.15, -0.1) is 0 Å². The molecule has 0 amide bonds. The van der Waals surface area contributed by atoms with E-state index in [9.17, 15) is 0 Å². The van der Waals surface area contributed by atoms with Crippen LogP contribution in [0.5, 0.6) is 0 Å². The second kappa shape index (κ2) is 14.3. The van der Waals surface area contributed by atoms with Crippen molar-refractivity contribution in [2.45, 2.75) is 144 Å². The molecule has 0 unspecified atom stereocenters. The van der Waals surface area contributed by atoms with Gasteiger partial charge in [0.1, 0.15) is 0 Å². The van der Waals surface area contributed by atoms with Gasteiger partial charge in [-0.25, -0.2) is 0 Å². The van der Waals surface area contributed by atoms with Gasteiger partial charge in [0, 0.05) is 0 Å². The maximum absolute atomic E-state index is 2.68. The zero-order valence-electron chi connectivity index (χ0n) is 24.0. The van der Waals surface area contributed by atoms with Crippen LogP contribution in [0.2, 0.25) is 15.5 Å². The molecule has 206 valence electrons. The molecule has 0 aliphatic heterocycles. The Morgan fingerprint density at radius 3 is 0.895 bits per heavy atom. The van der Waals surface area contributed by atoms with E-state index in [1.807, 2.05) is 7.02 Å². The first-order valence-corrected chi connectivity index (χ1v) is 25.1. The molecule has 0 bridgehead atoms. The summed E-state index contributed by atoms with van der Waals surface area (Å²) in [6, 6.07) is 20.3. The summed E-state index contributed by atoms with van der Waals surface area (Å²) >= 11 is -3.31. The van der Waals surface area contributed by atoms with Gasteiger partial charge in [-0.1, -0.05) is 0 Å². The summed E-state index contributed by atoms with van der Waals surface area (Å²) in [5.74, 6) is 0. The van der Waals surface area contributed by atoms with Gasteiger partial charge >= 0.3 is 251 Å². The summed E-state index contributed by atoms with van der Waals surface area (Å²) < 4.78 is 8.26. The van der Waals surface area contributed by atoms with Crippen molar-refractivity contribution < 1.29 is 0 Å². The van der Waals surface area contributed by atoms with Gasteiger partial charge in [-0.3, -0.25) is 0 Å². The van der Waals surface area contributed by atoms with E-state index < -0.39 is 40.4 Å². The van der Waals surface area contributed by atoms with Crippen LogP contribution in [0.1, 0.15) is 128 Å². The number of rotatable bonds is 7. The van der Waals surface area contributed by atoms with Crippen molar-refractivity contribution in [2.75, 3.05) is 0 Å². The van der Waals surface area contributed by atoms with Gasteiger partial charge in [-0.2, -0.15) is 0 Å². The Morgan fingerprint density at radius 1 is 0.342 bits per heavy atom. The van der Waals surface area contributed by atoms with Crippen LogP contribution < -0.4 is 7.02 Å². The normalized spacial score (nSPS) is 23.3. The summed E-state index contributed by atoms with van der Waals surface area (Å²) in [4.78, 5) is 0. The average molecular weight is 728 g/mol. The van der Waals surface area contributed by atoms with E-state index in [0.29, 0.717) is 0 Å². The predicted molar refractivity (Wildman–Crippen MR) is 170 cm³/mol. The quantitative estimate of drug-likeness (QED) is 0.249. The number of hydrogen-bond donors (Lipinski definition) is 0. The van der Waals surface area contributed by atoms with Crippen LogP contribution in [0.4, 0.5) is 0 Å². The monoisotopic (exact) mass is 726 g/mol. The van der Waals surface area contributed by atoms with Gasteiger partial charge in [0.05, 0.1) is 0 Å². The molecule has 0 N–H and O–H groups in total. The van der Waals surface area contributed by atoms with Crippen molar-refractivity contribution in [1.29, 1.82) is 0 Å². The first-order valence-electron chi connectivity index (χ1n) is 16.7. The summed E-state index contributed by atoms with van der Waals surface area (Å²) in [5, 5.41) is 0. The molecule has 2 aromatic rings. The van der Waals surface area contributed by atoms with E-state index in [2.05, 4.69) is 48.5 Å². The fourth-order valence-electron chi connectivity index (χ4n) is 8.67. The summed E-state index contributed by atoms with van der Waals surface area (Å²) in [6.45, 7) is 0. The van der Waals surface area contributed by atoms with E-state index in [4.69, 9.17) is 0 Å². The molecule has 2 heteroatoms. The van der Waals surface area contributed by atoms with Crippen molar-refractivity contribution in [3.63, 3.8) is 0 Å². The Hall–Kier alpha value is 0.0764. The Balaban J connectivity index is 1.42. The molecule has 4 aliphatic rings. The van der Waals surface area contributed by atoms with Crippen molar-refractivity contribution in [2.24, 2.45) is 0 Å². The van der Waals surface area contributed by atoms with Gasteiger partial charge in [0.25, 0.3) is 0 Å². The minimum atomic E-state index is -1.66. The van der Waals surface area contributed by atoms with Crippen LogP contribution in [0, 0.1) is 0 Å². The fraction of sp³-hybridized carbons (Fsp3) is 0.667. The Kier molecular flexibility index (Phi) is 10.6. The van der Waals surface area contributed by atoms with Gasteiger partial charge in [0.15, 0.2) is 0 Å². The number of hydrogen-bond acceptors (Lipinski definition) is 0. The zero-order chi connectivity index (χ0) is 25.6. The molecule has 4 aliphatic carbocycles. The molecule has 0 heterocycles. The van der Waals surface area contributed by atoms with Gasteiger partial charge in [0.2, 0.25) is 0 Å². The van der Waals surface area contributed by atoms with Crippen molar-refractivity contribution >= 4 is 47.4 Å². The molecule has 4 fully saturated rings. The zero-order valence-corrected chi connectivity index (χ0v) is 29.1. The van der Waals surface area contributed by atoms with E-state index in [-0.39, 0.29) is 0 Å². The standard InChI is InChI=1S/C12H8.4C6H11.2Sb/c1-3-7-11(8-4-1)12-9-5-2-6-10-12;4*1-2-4-6-5-3-1;;/h1-7,9H;4*1H,2-6H2;;. The molecule has 0 saturated heterocycles. The predicted octanol–water partition coefficient (Wildman–Crippen LogP) is 10.1. The average Bonchev–Trinajstić information content (AvgIpc) is 3.00. The third-order valence-electron chi connectivity index (χ3n) is 10.5. The van der Waals surface area contributed by atoms with Crippen molar-refractivity contribution in [1.82, 2.24) is 0 Å². The second-order valence-corrected chi connectivity index (χ2v) is 28.8. The summed E-state index contributed by atoms with van der Waals surface area (Å²) in [7, 11) is 0. The maximum atomic E-state index is 2.68. The van der Waals surface area contributed by atoms with E-state index in [1.165, 1.54) is 77.0 Å². The molecule has 0 spiro atoms. The van der Waals surface area contributed by atoms with E-state index in [0.717, 1.165) is 15.5 Å². The Morgan fingerprint density at radius 2 is 0.605 bits per heavy atom. The third-order valence-corrected chi connectivity index (χ3v) is 30.8. The van der Waals surface area contributed by atoms with Crippen LogP contribution in [-0.4, -0.2) is 40.4 Å². The van der Waals surface area contributed by atoms with Crippen LogP contribution in [-0.2, 0) is 0 Å². The van der Waals surface area contributed by atoms with Gasteiger partial charge in [-0.05, 0) is 0 Å². The molecule has 38 heavy (non-hydrogen) atoms. The molecule has 2 aromatic carbocycles. The van der Waals surface area contributed by atoms with E-state index in [1.54, 1.807) is 62.5 Å². The summed E-state index contributed by atoms with van der Waals surface area (Å²) in [6.07, 6.45) is 30.5. The molecule has 0 radical (unpaired) electrons. The van der Waals surface area contributed by atoms with E-state index >= 15 is 0 Å². The molecule has 0 nitrogen and oxygen atoms in total. The van der Waals surface area contributed by atoms with Crippen LogP contribution in [0.15, 0.2) is 48.5 Å².